The minimum atomic E-state index is 0.170. The second-order valence-electron chi connectivity index (χ2n) is 16.3. The minimum Gasteiger partial charge on any atom is -0.326 e. The highest BCUT2D eigenvalue weighted by molar-refractivity contribution is 5.78. The third-order valence-electron chi connectivity index (χ3n) is 12.3. The second kappa shape index (κ2) is 26.4. The Morgan fingerprint density at radius 2 is 1.77 bits per heavy atom. The average Bonchev–Trinajstić information content (AvgIpc) is 3.28. The van der Waals surface area contributed by atoms with Crippen LogP contribution in [0.3, 0.4) is 0 Å². The van der Waals surface area contributed by atoms with E-state index in [-0.39, 0.29) is 6.04 Å². The van der Waals surface area contributed by atoms with Crippen LogP contribution >= 0.6 is 0 Å². The van der Waals surface area contributed by atoms with Gasteiger partial charge in [0.05, 0.1) is 5.69 Å². The molecule has 3 N–H and O–H groups in total. The normalized spacial score (nSPS) is 17.8. The molecule has 2 aliphatic carbocycles. The maximum absolute atomic E-state index is 6.32. The molecule has 60 heavy (non-hydrogen) atoms. The second-order valence-corrected chi connectivity index (χ2v) is 16.3. The zero-order valence-corrected chi connectivity index (χ0v) is 38.0. The molecule has 3 nitrogen and oxygen atoms in total. The Labute approximate surface area is 365 Å². The Morgan fingerprint density at radius 3 is 2.42 bits per heavy atom. The predicted molar refractivity (Wildman–Crippen MR) is 265 cm³/mol. The van der Waals surface area contributed by atoms with Crippen LogP contribution in [0.5, 0.6) is 0 Å². The molecule has 0 spiro atoms. The third kappa shape index (κ3) is 13.9. The number of hydrogen-bond acceptors (Lipinski definition) is 3. The maximum Gasteiger partial charge on any atom is 0.0629 e. The number of unbranched alkanes of at least 4 members (excludes halogenated alkanes) is 3. The highest BCUT2D eigenvalue weighted by atomic mass is 14.9. The lowest BCUT2D eigenvalue weighted by Crippen LogP contribution is -2.35. The summed E-state index contributed by atoms with van der Waals surface area (Å²) in [7, 11) is 0. The van der Waals surface area contributed by atoms with E-state index >= 15 is 0 Å². The number of nitrogens with one attached hydrogen (secondary N) is 1. The van der Waals surface area contributed by atoms with E-state index in [9.17, 15) is 0 Å². The molecule has 0 fully saturated rings. The fourth-order valence-corrected chi connectivity index (χ4v) is 8.59. The molecule has 3 unspecified atom stereocenters. The van der Waals surface area contributed by atoms with Gasteiger partial charge in [0.1, 0.15) is 0 Å². The summed E-state index contributed by atoms with van der Waals surface area (Å²) < 4.78 is 0. The van der Waals surface area contributed by atoms with Crippen LogP contribution in [-0.4, -0.2) is 24.1 Å². The van der Waals surface area contributed by atoms with E-state index in [1.807, 2.05) is 36.5 Å². The van der Waals surface area contributed by atoms with Gasteiger partial charge in [0.15, 0.2) is 0 Å². The Morgan fingerprint density at radius 1 is 0.967 bits per heavy atom. The van der Waals surface area contributed by atoms with Crippen molar-refractivity contribution in [3.63, 3.8) is 0 Å². The van der Waals surface area contributed by atoms with Gasteiger partial charge >= 0.3 is 0 Å². The topological polar surface area (TPSA) is 50.9 Å². The molecular formula is C57H75N3. The maximum atomic E-state index is 6.32. The molecule has 4 rings (SSSR count). The quantitative estimate of drug-likeness (QED) is 0.0631. The van der Waals surface area contributed by atoms with Crippen molar-refractivity contribution in [3.05, 3.63) is 196 Å². The van der Waals surface area contributed by atoms with Crippen molar-refractivity contribution in [1.82, 2.24) is 10.3 Å². The first-order valence-electron chi connectivity index (χ1n) is 22.9. The first kappa shape index (κ1) is 47.8. The van der Waals surface area contributed by atoms with E-state index in [1.54, 1.807) is 0 Å². The molecule has 0 bridgehead atoms. The van der Waals surface area contributed by atoms with E-state index in [1.165, 1.54) is 80.5 Å². The molecule has 1 aromatic carbocycles. The van der Waals surface area contributed by atoms with Crippen LogP contribution in [-0.2, 0) is 6.42 Å². The predicted octanol–water partition coefficient (Wildman–Crippen LogP) is 14.7. The van der Waals surface area contributed by atoms with Crippen LogP contribution in [0.25, 0.3) is 11.6 Å². The number of benzene rings is 1. The van der Waals surface area contributed by atoms with E-state index < -0.39 is 0 Å². The van der Waals surface area contributed by atoms with E-state index in [0.717, 1.165) is 63.6 Å². The molecule has 0 saturated heterocycles. The summed E-state index contributed by atoms with van der Waals surface area (Å²) in [5.74, 6) is 0.737. The van der Waals surface area contributed by atoms with Crippen LogP contribution in [0.2, 0.25) is 0 Å². The van der Waals surface area contributed by atoms with Crippen molar-refractivity contribution < 1.29 is 0 Å². The summed E-state index contributed by atoms with van der Waals surface area (Å²) >= 11 is 0. The van der Waals surface area contributed by atoms with Crippen molar-refractivity contribution in [2.24, 2.45) is 11.7 Å². The van der Waals surface area contributed by atoms with E-state index in [2.05, 4.69) is 156 Å². The SMILES string of the molecule is C=C/C=C\C(NC/C(=C(/C)C(/C=C\CC)=C(C)C1=CC=C(/C(=C/C=C/c2ccccn2)CN)CC1)c1ccc(C(C=C)CCCCC)c(C)c1CCCC)C1C=CC=CC1. The molecule has 0 saturated carbocycles. The number of aromatic nitrogens is 1. The van der Waals surface area contributed by atoms with Crippen molar-refractivity contribution in [2.75, 3.05) is 13.1 Å². The summed E-state index contributed by atoms with van der Waals surface area (Å²) in [6.07, 6.45) is 47.0. The van der Waals surface area contributed by atoms with Crippen molar-refractivity contribution in [3.8, 4) is 0 Å². The van der Waals surface area contributed by atoms with Gasteiger partial charge in [-0.2, -0.15) is 0 Å². The fourth-order valence-electron chi connectivity index (χ4n) is 8.59. The van der Waals surface area contributed by atoms with Crippen molar-refractivity contribution in [1.29, 1.82) is 0 Å². The Hall–Kier alpha value is -4.83. The van der Waals surface area contributed by atoms with E-state index in [4.69, 9.17) is 5.73 Å². The molecule has 2 aromatic rings. The van der Waals surface area contributed by atoms with E-state index in [0.29, 0.717) is 18.4 Å². The summed E-state index contributed by atoms with van der Waals surface area (Å²) in [6.45, 7) is 23.5. The van der Waals surface area contributed by atoms with Gasteiger partial charge in [-0.05, 0) is 151 Å². The zero-order valence-electron chi connectivity index (χ0n) is 38.0. The largest absolute Gasteiger partial charge is 0.326 e. The first-order chi connectivity index (χ1) is 29.3. The lowest BCUT2D eigenvalue weighted by molar-refractivity contribution is 0.494. The van der Waals surface area contributed by atoms with Gasteiger partial charge in [0, 0.05) is 31.2 Å². The number of hydrogen-bond donors (Lipinski definition) is 2. The van der Waals surface area contributed by atoms with Gasteiger partial charge in [-0.1, -0.05) is 156 Å². The average molecular weight is 802 g/mol. The minimum absolute atomic E-state index is 0.170. The monoisotopic (exact) mass is 802 g/mol. The summed E-state index contributed by atoms with van der Waals surface area (Å²) in [5, 5.41) is 4.08. The summed E-state index contributed by atoms with van der Waals surface area (Å²) in [5.41, 5.74) is 22.2. The van der Waals surface area contributed by atoms with Crippen molar-refractivity contribution in [2.45, 2.75) is 124 Å². The van der Waals surface area contributed by atoms with Crippen LogP contribution in [0, 0.1) is 12.8 Å². The molecule has 3 atom stereocenters. The van der Waals surface area contributed by atoms with Gasteiger partial charge < -0.3 is 11.1 Å². The number of nitrogens with two attached hydrogens (primary N) is 1. The Balaban J connectivity index is 1.88. The highest BCUT2D eigenvalue weighted by Crippen LogP contribution is 2.38. The highest BCUT2D eigenvalue weighted by Gasteiger charge is 2.23. The zero-order chi connectivity index (χ0) is 43.1. The number of pyridine rings is 1. The molecular weight excluding hydrogens is 727 g/mol. The molecule has 3 heteroatoms. The summed E-state index contributed by atoms with van der Waals surface area (Å²) in [4.78, 5) is 4.42. The van der Waals surface area contributed by atoms with Gasteiger partial charge in [-0.15, -0.1) is 6.58 Å². The number of allylic oxidation sites excluding steroid dienone is 16. The van der Waals surface area contributed by atoms with Crippen LogP contribution in [0.1, 0.15) is 133 Å². The van der Waals surface area contributed by atoms with Crippen LogP contribution in [0.15, 0.2) is 168 Å². The van der Waals surface area contributed by atoms with Crippen LogP contribution in [0.4, 0.5) is 0 Å². The van der Waals surface area contributed by atoms with Gasteiger partial charge in [-0.3, -0.25) is 4.98 Å². The molecule has 0 amide bonds. The molecule has 1 heterocycles. The smallest absolute Gasteiger partial charge is 0.0629 e. The van der Waals surface area contributed by atoms with Gasteiger partial charge in [0.25, 0.3) is 0 Å². The first-order valence-corrected chi connectivity index (χ1v) is 22.9. The molecule has 0 aliphatic heterocycles. The Kier molecular flexibility index (Phi) is 21.0. The van der Waals surface area contributed by atoms with Crippen molar-refractivity contribution >= 4 is 11.6 Å². The Bertz CT molecular complexity index is 2020. The lowest BCUT2D eigenvalue weighted by Gasteiger charge is -2.28. The van der Waals surface area contributed by atoms with Gasteiger partial charge in [-0.25, -0.2) is 0 Å². The summed E-state index contributed by atoms with van der Waals surface area (Å²) in [6, 6.07) is 11.0. The number of nitrogens with zero attached hydrogens (tertiary/aromatic N) is 1. The third-order valence-corrected chi connectivity index (χ3v) is 12.3. The van der Waals surface area contributed by atoms with Gasteiger partial charge in [0.2, 0.25) is 0 Å². The fraction of sp³-hybridized carbons (Fsp3) is 0.386. The molecule has 318 valence electrons. The van der Waals surface area contributed by atoms with Crippen LogP contribution < -0.4 is 11.1 Å². The standard InChI is InChI=1S/C57H75N3/c1-9-14-19-25-46(13-5)53-38-39-55(54(45(53)8)32-16-11-3)56(42-60-57(33-17-12-4)49-26-20-18-21-27-49)44(7)52(31-15-10-2)43(6)47-34-36-48(37-35-47)50(41-58)28-24-30-51-29-22-23-40-59-51/h12-13,15,17-18,20-24,26,28-31,33-34,36,38-40,46,49,57,60H,4-5,9-11,14,16,19,25,27,32,35,37,41-42,58H2,1-3,6-8H3/b30-24+,31-15-,33-17-,50-28+,52-43?,56-44+. The lowest BCUT2D eigenvalue weighted by atomic mass is 9.81. The molecule has 0 radical (unpaired) electrons. The molecule has 1 aromatic heterocycles. The number of rotatable bonds is 24. The molecule has 2 aliphatic rings.